The monoisotopic (exact) mass is 195 g/mol. The summed E-state index contributed by atoms with van der Waals surface area (Å²) in [5.41, 5.74) is 5.70. The number of hydrogen-bond donors (Lipinski definition) is 2. The average Bonchev–Trinajstić information content (AvgIpc) is 2.15. The Morgan fingerprint density at radius 1 is 1.64 bits per heavy atom. The fraction of sp³-hybridized carbons (Fsp3) is 0.100. The second-order valence-corrected chi connectivity index (χ2v) is 2.81. The van der Waals surface area contributed by atoms with Gasteiger partial charge in [0.2, 0.25) is 0 Å². The minimum Gasteiger partial charge on any atom is -0.478 e. The molecule has 1 aromatic rings. The summed E-state index contributed by atoms with van der Waals surface area (Å²) < 4.78 is 13.1. The van der Waals surface area contributed by atoms with Gasteiger partial charge in [-0.25, -0.2) is 9.18 Å². The molecule has 0 amide bonds. The Labute approximate surface area is 80.7 Å². The van der Waals surface area contributed by atoms with Gasteiger partial charge in [0.25, 0.3) is 0 Å². The number of hydrogen-bond acceptors (Lipinski definition) is 2. The fourth-order valence-corrected chi connectivity index (χ4v) is 1.05. The van der Waals surface area contributed by atoms with Crippen molar-refractivity contribution in [3.8, 4) is 0 Å². The van der Waals surface area contributed by atoms with Crippen molar-refractivity contribution < 1.29 is 14.3 Å². The molecule has 0 aliphatic carbocycles. The summed E-state index contributed by atoms with van der Waals surface area (Å²) in [5.74, 6) is -2.08. The van der Waals surface area contributed by atoms with E-state index < -0.39 is 17.8 Å². The van der Waals surface area contributed by atoms with E-state index >= 15 is 0 Å². The number of halogens is 1. The lowest BCUT2D eigenvalue weighted by molar-refractivity contribution is 0.0692. The molecule has 1 aromatic carbocycles. The molecular formula is C10H10FNO2. The van der Waals surface area contributed by atoms with E-state index in [0.717, 1.165) is 6.07 Å². The van der Waals surface area contributed by atoms with Crippen LogP contribution in [0.25, 0.3) is 0 Å². The van der Waals surface area contributed by atoms with Gasteiger partial charge >= 0.3 is 5.97 Å². The summed E-state index contributed by atoms with van der Waals surface area (Å²) in [6.45, 7) is 3.46. The maximum Gasteiger partial charge on any atom is 0.338 e. The van der Waals surface area contributed by atoms with Crippen molar-refractivity contribution in [1.29, 1.82) is 0 Å². The van der Waals surface area contributed by atoms with Crippen LogP contribution in [-0.4, -0.2) is 11.1 Å². The number of benzene rings is 1. The zero-order chi connectivity index (χ0) is 10.7. The third kappa shape index (κ3) is 1.97. The van der Waals surface area contributed by atoms with E-state index in [0.29, 0.717) is 5.56 Å². The molecule has 4 heteroatoms. The van der Waals surface area contributed by atoms with Crippen LogP contribution < -0.4 is 5.73 Å². The van der Waals surface area contributed by atoms with Crippen LogP contribution in [0, 0.1) is 5.82 Å². The molecule has 0 aromatic heterocycles. The smallest absolute Gasteiger partial charge is 0.338 e. The van der Waals surface area contributed by atoms with E-state index in [4.69, 9.17) is 10.8 Å². The second-order valence-electron chi connectivity index (χ2n) is 2.81. The number of carboxylic acid groups (broad SMARTS) is 1. The van der Waals surface area contributed by atoms with Crippen molar-refractivity contribution in [1.82, 2.24) is 0 Å². The largest absolute Gasteiger partial charge is 0.478 e. The molecule has 1 rings (SSSR count). The van der Waals surface area contributed by atoms with Crippen LogP contribution in [-0.2, 0) is 0 Å². The minimum absolute atomic E-state index is 0.356. The summed E-state index contributed by atoms with van der Waals surface area (Å²) in [6.07, 6.45) is 1.45. The predicted octanol–water partition coefficient (Wildman–Crippen LogP) is 1.71. The van der Waals surface area contributed by atoms with E-state index in [1.807, 2.05) is 0 Å². The summed E-state index contributed by atoms with van der Waals surface area (Å²) in [7, 11) is 0. The van der Waals surface area contributed by atoms with Gasteiger partial charge in [-0.2, -0.15) is 0 Å². The highest BCUT2D eigenvalue weighted by Gasteiger charge is 2.11. The quantitative estimate of drug-likeness (QED) is 0.721. The molecule has 0 fully saturated rings. The first-order valence-electron chi connectivity index (χ1n) is 3.97. The average molecular weight is 195 g/mol. The molecule has 0 saturated heterocycles. The van der Waals surface area contributed by atoms with Crippen molar-refractivity contribution in [3.63, 3.8) is 0 Å². The Hall–Kier alpha value is -1.68. The third-order valence-corrected chi connectivity index (χ3v) is 1.86. The molecule has 0 aliphatic rings. The van der Waals surface area contributed by atoms with Crippen molar-refractivity contribution in [3.05, 3.63) is 47.8 Å². The Morgan fingerprint density at radius 3 is 2.71 bits per heavy atom. The fourth-order valence-electron chi connectivity index (χ4n) is 1.05. The summed E-state index contributed by atoms with van der Waals surface area (Å²) in [5, 5.41) is 8.56. The summed E-state index contributed by atoms with van der Waals surface area (Å²) in [4.78, 5) is 10.5. The van der Waals surface area contributed by atoms with Crippen LogP contribution in [0.1, 0.15) is 22.0 Å². The van der Waals surface area contributed by atoms with Gasteiger partial charge in [0.1, 0.15) is 5.82 Å². The van der Waals surface area contributed by atoms with Crippen molar-refractivity contribution in [2.24, 2.45) is 5.73 Å². The number of nitrogens with two attached hydrogens (primary N) is 1. The van der Waals surface area contributed by atoms with Crippen LogP contribution in [0.15, 0.2) is 30.9 Å². The maximum absolute atomic E-state index is 13.1. The van der Waals surface area contributed by atoms with Crippen LogP contribution in [0.3, 0.4) is 0 Å². The van der Waals surface area contributed by atoms with Crippen LogP contribution in [0.2, 0.25) is 0 Å². The highest BCUT2D eigenvalue weighted by Crippen LogP contribution is 2.15. The lowest BCUT2D eigenvalue weighted by Gasteiger charge is -2.07. The highest BCUT2D eigenvalue weighted by molar-refractivity contribution is 5.87. The van der Waals surface area contributed by atoms with Crippen LogP contribution in [0.4, 0.5) is 4.39 Å². The normalized spacial score (nSPS) is 12.1. The van der Waals surface area contributed by atoms with Crippen molar-refractivity contribution in [2.45, 2.75) is 6.04 Å². The molecule has 3 nitrogen and oxygen atoms in total. The van der Waals surface area contributed by atoms with Gasteiger partial charge in [0.05, 0.1) is 5.56 Å². The second kappa shape index (κ2) is 4.02. The highest BCUT2D eigenvalue weighted by atomic mass is 19.1. The molecule has 14 heavy (non-hydrogen) atoms. The first kappa shape index (κ1) is 10.4. The topological polar surface area (TPSA) is 63.3 Å². The first-order valence-corrected chi connectivity index (χ1v) is 3.97. The standard InChI is InChI=1S/C10H10FNO2/c1-2-9(12)6-3-4-7(10(13)14)8(11)5-6/h2-5,9H,1,12H2,(H,13,14)/t9-/m1/s1. The van der Waals surface area contributed by atoms with Gasteiger partial charge in [-0.1, -0.05) is 12.1 Å². The molecule has 0 saturated carbocycles. The van der Waals surface area contributed by atoms with Gasteiger partial charge in [-0.15, -0.1) is 6.58 Å². The van der Waals surface area contributed by atoms with E-state index in [-0.39, 0.29) is 5.56 Å². The van der Waals surface area contributed by atoms with Crippen LogP contribution in [0.5, 0.6) is 0 Å². The summed E-state index contributed by atoms with van der Waals surface area (Å²) in [6, 6.07) is 3.29. The Balaban J connectivity index is 3.12. The molecule has 0 aliphatic heterocycles. The molecule has 3 N–H and O–H groups in total. The van der Waals surface area contributed by atoms with Crippen LogP contribution >= 0.6 is 0 Å². The molecule has 0 spiro atoms. The lowest BCUT2D eigenvalue weighted by atomic mass is 10.1. The zero-order valence-corrected chi connectivity index (χ0v) is 7.40. The predicted molar refractivity (Wildman–Crippen MR) is 50.5 cm³/mol. The Bertz CT molecular complexity index is 376. The van der Waals surface area contributed by atoms with Crippen molar-refractivity contribution in [2.75, 3.05) is 0 Å². The van der Waals surface area contributed by atoms with Gasteiger partial charge in [-0.05, 0) is 17.7 Å². The van der Waals surface area contributed by atoms with E-state index in [9.17, 15) is 9.18 Å². The molecule has 0 heterocycles. The third-order valence-electron chi connectivity index (χ3n) is 1.86. The molecule has 1 atom stereocenters. The molecule has 0 unspecified atom stereocenters. The Morgan fingerprint density at radius 2 is 2.29 bits per heavy atom. The molecule has 0 radical (unpaired) electrons. The molecular weight excluding hydrogens is 185 g/mol. The van der Waals surface area contributed by atoms with E-state index in [1.54, 1.807) is 0 Å². The number of carboxylic acids is 1. The lowest BCUT2D eigenvalue weighted by Crippen LogP contribution is -2.08. The SMILES string of the molecule is C=C[C@@H](N)c1ccc(C(=O)O)c(F)c1. The summed E-state index contributed by atoms with van der Waals surface area (Å²) >= 11 is 0. The van der Waals surface area contributed by atoms with Gasteiger partial charge in [-0.3, -0.25) is 0 Å². The maximum atomic E-state index is 13.1. The molecule has 74 valence electrons. The van der Waals surface area contributed by atoms with Gasteiger partial charge in [0, 0.05) is 6.04 Å². The Kier molecular flexibility index (Phi) is 2.99. The van der Waals surface area contributed by atoms with Crippen molar-refractivity contribution >= 4 is 5.97 Å². The zero-order valence-electron chi connectivity index (χ0n) is 7.40. The number of carbonyl (C=O) groups is 1. The molecule has 0 bridgehead atoms. The minimum atomic E-state index is -1.29. The van der Waals surface area contributed by atoms with E-state index in [1.165, 1.54) is 18.2 Å². The number of aromatic carboxylic acids is 1. The van der Waals surface area contributed by atoms with Gasteiger partial charge < -0.3 is 10.8 Å². The van der Waals surface area contributed by atoms with E-state index in [2.05, 4.69) is 6.58 Å². The first-order chi connectivity index (χ1) is 6.56. The number of rotatable bonds is 3. The van der Waals surface area contributed by atoms with Gasteiger partial charge in [0.15, 0.2) is 0 Å².